The minimum atomic E-state index is 0.441. The number of hydrogen-bond acceptors (Lipinski definition) is 2. The Morgan fingerprint density at radius 2 is 2.29 bits per heavy atom. The van der Waals surface area contributed by atoms with Gasteiger partial charge >= 0.3 is 0 Å². The molecule has 1 aliphatic heterocycles. The number of terminal acetylenes is 1. The molecule has 0 aliphatic carbocycles. The molecular formula is C12H22N2. The molecule has 80 valence electrons. The molecule has 0 saturated carbocycles. The molecule has 1 heterocycles. The number of hydrogen-bond donors (Lipinski definition) is 1. The highest BCUT2D eigenvalue weighted by molar-refractivity contribution is 4.97. The molecule has 14 heavy (non-hydrogen) atoms. The van der Waals surface area contributed by atoms with Gasteiger partial charge in [0.05, 0.1) is 0 Å². The third-order valence-electron chi connectivity index (χ3n) is 3.17. The first-order valence-corrected chi connectivity index (χ1v) is 5.59. The zero-order valence-electron chi connectivity index (χ0n) is 9.37. The predicted octanol–water partition coefficient (Wildman–Crippen LogP) is 1.31. The van der Waals surface area contributed by atoms with Crippen molar-refractivity contribution in [2.24, 2.45) is 17.6 Å². The zero-order chi connectivity index (χ0) is 10.6. The van der Waals surface area contributed by atoms with Gasteiger partial charge in [0.1, 0.15) is 0 Å². The Labute approximate surface area is 87.8 Å². The summed E-state index contributed by atoms with van der Waals surface area (Å²) in [6, 6.07) is 0.506. The molecule has 0 aromatic carbocycles. The van der Waals surface area contributed by atoms with E-state index in [4.69, 9.17) is 12.2 Å². The summed E-state index contributed by atoms with van der Waals surface area (Å²) in [6.45, 7) is 7.41. The SMILES string of the molecule is C#CC1CCCN(C(CN)C(C)C)C1. The van der Waals surface area contributed by atoms with Crippen molar-refractivity contribution in [2.75, 3.05) is 19.6 Å². The average molecular weight is 194 g/mol. The minimum absolute atomic E-state index is 0.441. The molecule has 0 aromatic rings. The van der Waals surface area contributed by atoms with E-state index in [1.807, 2.05) is 0 Å². The van der Waals surface area contributed by atoms with Crippen molar-refractivity contribution in [3.05, 3.63) is 0 Å². The van der Waals surface area contributed by atoms with Crippen molar-refractivity contribution >= 4 is 0 Å². The van der Waals surface area contributed by atoms with Gasteiger partial charge in [-0.2, -0.15) is 0 Å². The summed E-state index contributed by atoms with van der Waals surface area (Å²) in [5, 5.41) is 0. The van der Waals surface area contributed by atoms with Gasteiger partial charge < -0.3 is 5.73 Å². The van der Waals surface area contributed by atoms with Crippen molar-refractivity contribution < 1.29 is 0 Å². The highest BCUT2D eigenvalue weighted by Gasteiger charge is 2.25. The van der Waals surface area contributed by atoms with E-state index in [0.29, 0.717) is 17.9 Å². The summed E-state index contributed by atoms with van der Waals surface area (Å²) in [6.07, 6.45) is 7.88. The summed E-state index contributed by atoms with van der Waals surface area (Å²) >= 11 is 0. The molecular weight excluding hydrogens is 172 g/mol. The first-order chi connectivity index (χ1) is 6.69. The van der Waals surface area contributed by atoms with E-state index in [-0.39, 0.29) is 0 Å². The van der Waals surface area contributed by atoms with Crippen molar-refractivity contribution in [1.29, 1.82) is 0 Å². The normalized spacial score (nSPS) is 26.1. The third-order valence-corrected chi connectivity index (χ3v) is 3.17. The van der Waals surface area contributed by atoms with Crippen LogP contribution in [0.5, 0.6) is 0 Å². The molecule has 0 bridgehead atoms. The van der Waals surface area contributed by atoms with E-state index in [0.717, 1.165) is 19.6 Å². The second kappa shape index (κ2) is 5.38. The lowest BCUT2D eigenvalue weighted by atomic mass is 9.94. The second-order valence-electron chi connectivity index (χ2n) is 4.55. The molecule has 0 radical (unpaired) electrons. The smallest absolute Gasteiger partial charge is 0.0328 e. The molecule has 0 amide bonds. The van der Waals surface area contributed by atoms with Gasteiger partial charge in [-0.1, -0.05) is 13.8 Å². The van der Waals surface area contributed by atoms with E-state index in [1.165, 1.54) is 12.8 Å². The third kappa shape index (κ3) is 2.73. The Morgan fingerprint density at radius 3 is 2.79 bits per heavy atom. The van der Waals surface area contributed by atoms with Gasteiger partial charge in [0.15, 0.2) is 0 Å². The molecule has 0 aromatic heterocycles. The van der Waals surface area contributed by atoms with Crippen LogP contribution in [0, 0.1) is 24.2 Å². The van der Waals surface area contributed by atoms with Gasteiger partial charge in [-0.05, 0) is 25.3 Å². The Balaban J connectivity index is 2.54. The summed E-state index contributed by atoms with van der Waals surface area (Å²) in [5.74, 6) is 3.93. The van der Waals surface area contributed by atoms with Gasteiger partial charge in [-0.3, -0.25) is 4.90 Å². The number of rotatable bonds is 3. The Bertz CT molecular complexity index is 205. The van der Waals surface area contributed by atoms with Gasteiger partial charge in [0.25, 0.3) is 0 Å². The van der Waals surface area contributed by atoms with Crippen LogP contribution in [-0.2, 0) is 0 Å². The van der Waals surface area contributed by atoms with Gasteiger partial charge in [0.2, 0.25) is 0 Å². The van der Waals surface area contributed by atoms with Crippen LogP contribution in [0.15, 0.2) is 0 Å². The van der Waals surface area contributed by atoms with Crippen molar-refractivity contribution in [1.82, 2.24) is 4.90 Å². The molecule has 2 N–H and O–H groups in total. The van der Waals surface area contributed by atoms with Crippen LogP contribution in [-0.4, -0.2) is 30.6 Å². The van der Waals surface area contributed by atoms with Crippen molar-refractivity contribution in [3.8, 4) is 12.3 Å². The summed E-state index contributed by atoms with van der Waals surface area (Å²) in [4.78, 5) is 2.47. The lowest BCUT2D eigenvalue weighted by Gasteiger charge is -2.38. The molecule has 1 saturated heterocycles. The standard InChI is InChI=1S/C12H22N2/c1-4-11-6-5-7-14(9-11)12(8-13)10(2)3/h1,10-12H,5-9,13H2,2-3H3. The van der Waals surface area contributed by atoms with E-state index in [1.54, 1.807) is 0 Å². The monoisotopic (exact) mass is 194 g/mol. The highest BCUT2D eigenvalue weighted by atomic mass is 15.2. The predicted molar refractivity (Wildman–Crippen MR) is 60.8 cm³/mol. The molecule has 1 fully saturated rings. The molecule has 2 heteroatoms. The van der Waals surface area contributed by atoms with Gasteiger partial charge in [-0.25, -0.2) is 0 Å². The van der Waals surface area contributed by atoms with Crippen LogP contribution in [0.1, 0.15) is 26.7 Å². The van der Waals surface area contributed by atoms with Crippen molar-refractivity contribution in [2.45, 2.75) is 32.7 Å². The first kappa shape index (κ1) is 11.6. The lowest BCUT2D eigenvalue weighted by Crippen LogP contribution is -2.48. The van der Waals surface area contributed by atoms with Crippen molar-refractivity contribution in [3.63, 3.8) is 0 Å². The number of nitrogens with zero attached hydrogens (tertiary/aromatic N) is 1. The molecule has 1 rings (SSSR count). The molecule has 1 aliphatic rings. The van der Waals surface area contributed by atoms with Crippen LogP contribution in [0.2, 0.25) is 0 Å². The van der Waals surface area contributed by atoms with E-state index < -0.39 is 0 Å². The number of nitrogens with two attached hydrogens (primary N) is 1. The van der Waals surface area contributed by atoms with Crippen LogP contribution in [0.25, 0.3) is 0 Å². The largest absolute Gasteiger partial charge is 0.329 e. The fourth-order valence-corrected chi connectivity index (χ4v) is 2.29. The summed E-state index contributed by atoms with van der Waals surface area (Å²) in [7, 11) is 0. The van der Waals surface area contributed by atoms with E-state index in [9.17, 15) is 0 Å². The fraction of sp³-hybridized carbons (Fsp3) is 0.833. The maximum absolute atomic E-state index is 5.80. The number of piperidine rings is 1. The Morgan fingerprint density at radius 1 is 1.57 bits per heavy atom. The lowest BCUT2D eigenvalue weighted by molar-refractivity contribution is 0.116. The fourth-order valence-electron chi connectivity index (χ4n) is 2.29. The van der Waals surface area contributed by atoms with E-state index >= 15 is 0 Å². The van der Waals surface area contributed by atoms with Crippen LogP contribution in [0.4, 0.5) is 0 Å². The highest BCUT2D eigenvalue weighted by Crippen LogP contribution is 2.20. The second-order valence-corrected chi connectivity index (χ2v) is 4.55. The summed E-state index contributed by atoms with van der Waals surface area (Å²) in [5.41, 5.74) is 5.80. The van der Waals surface area contributed by atoms with Crippen LogP contribution < -0.4 is 5.73 Å². The maximum atomic E-state index is 5.80. The average Bonchev–Trinajstić information content (AvgIpc) is 2.19. The molecule has 2 unspecified atom stereocenters. The molecule has 2 atom stereocenters. The van der Waals surface area contributed by atoms with E-state index in [2.05, 4.69) is 24.7 Å². The minimum Gasteiger partial charge on any atom is -0.329 e. The van der Waals surface area contributed by atoms with Crippen LogP contribution >= 0.6 is 0 Å². The first-order valence-electron chi connectivity index (χ1n) is 5.59. The maximum Gasteiger partial charge on any atom is 0.0328 e. The van der Waals surface area contributed by atoms with Gasteiger partial charge in [-0.15, -0.1) is 12.3 Å². The number of likely N-dealkylation sites (tertiary alicyclic amines) is 1. The van der Waals surface area contributed by atoms with Crippen LogP contribution in [0.3, 0.4) is 0 Å². The molecule has 0 spiro atoms. The Kier molecular flexibility index (Phi) is 4.44. The van der Waals surface area contributed by atoms with Gasteiger partial charge in [0, 0.05) is 25.0 Å². The zero-order valence-corrected chi connectivity index (χ0v) is 9.37. The quantitative estimate of drug-likeness (QED) is 0.687. The Hall–Kier alpha value is -0.520. The topological polar surface area (TPSA) is 29.3 Å². The molecule has 2 nitrogen and oxygen atoms in total. The summed E-state index contributed by atoms with van der Waals surface area (Å²) < 4.78 is 0.